The van der Waals surface area contributed by atoms with Gasteiger partial charge in [-0.2, -0.15) is 0 Å². The van der Waals surface area contributed by atoms with Gasteiger partial charge in [-0.3, -0.25) is 0 Å². The molecule has 0 fully saturated rings. The van der Waals surface area contributed by atoms with Crippen molar-refractivity contribution in [2.24, 2.45) is 23.4 Å². The van der Waals surface area contributed by atoms with Gasteiger partial charge in [0.1, 0.15) is 5.84 Å². The molecule has 1 heterocycles. The van der Waals surface area contributed by atoms with E-state index in [4.69, 9.17) is 10.9 Å². The quantitative estimate of drug-likeness (QED) is 0.204. The van der Waals surface area contributed by atoms with Gasteiger partial charge in [-0.05, 0) is 12.8 Å². The second-order valence-electron chi connectivity index (χ2n) is 4.64. The van der Waals surface area contributed by atoms with Crippen LogP contribution < -0.4 is 5.73 Å². The van der Waals surface area contributed by atoms with E-state index in [-0.39, 0.29) is 5.41 Å². The van der Waals surface area contributed by atoms with E-state index < -0.39 is 0 Å². The molecule has 5 nitrogen and oxygen atoms in total. The highest BCUT2D eigenvalue weighted by Crippen LogP contribution is 2.25. The molecule has 0 aromatic carbocycles. The van der Waals surface area contributed by atoms with Gasteiger partial charge in [0.2, 0.25) is 0 Å². The topological polar surface area (TPSA) is 76.4 Å². The third-order valence-electron chi connectivity index (χ3n) is 2.76. The number of nitrogens with two attached hydrogens (primary N) is 1. The minimum atomic E-state index is -0.253. The highest BCUT2D eigenvalue weighted by atomic mass is 32.2. The van der Waals surface area contributed by atoms with Gasteiger partial charge in [-0.25, -0.2) is 4.98 Å². The van der Waals surface area contributed by atoms with E-state index in [2.05, 4.69) is 10.1 Å². The standard InChI is InChI=1S/C11H20N4OS/c1-11(2,9(12)14-16)5-4-8-17-10-13-6-7-15(10)3/h6-7,16H,4-5,8H2,1-3H3,(H2,12,14). The number of oxime groups is 1. The fourth-order valence-corrected chi connectivity index (χ4v) is 2.30. The van der Waals surface area contributed by atoms with Gasteiger partial charge in [0.25, 0.3) is 0 Å². The molecule has 0 unspecified atom stereocenters. The summed E-state index contributed by atoms with van der Waals surface area (Å²) in [5, 5.41) is 12.8. The predicted octanol–water partition coefficient (Wildman–Crippen LogP) is 2.06. The van der Waals surface area contributed by atoms with Gasteiger partial charge in [0, 0.05) is 30.6 Å². The molecule has 0 radical (unpaired) electrons. The second-order valence-corrected chi connectivity index (χ2v) is 5.70. The molecule has 96 valence electrons. The molecular formula is C11H20N4OS. The number of amidine groups is 1. The molecule has 0 saturated carbocycles. The largest absolute Gasteiger partial charge is 0.409 e. The van der Waals surface area contributed by atoms with Gasteiger partial charge >= 0.3 is 0 Å². The van der Waals surface area contributed by atoms with E-state index in [0.29, 0.717) is 5.84 Å². The maximum atomic E-state index is 8.66. The monoisotopic (exact) mass is 256 g/mol. The summed E-state index contributed by atoms with van der Waals surface area (Å²) in [4.78, 5) is 4.24. The maximum absolute atomic E-state index is 8.66. The van der Waals surface area contributed by atoms with Crippen molar-refractivity contribution in [1.82, 2.24) is 9.55 Å². The molecule has 0 bridgehead atoms. The van der Waals surface area contributed by atoms with Crippen LogP contribution in [0.4, 0.5) is 0 Å². The SMILES string of the molecule is Cn1ccnc1SCCCC(C)(C)C(N)=NO. The maximum Gasteiger partial charge on any atom is 0.167 e. The Balaban J connectivity index is 2.32. The summed E-state index contributed by atoms with van der Waals surface area (Å²) < 4.78 is 2.00. The minimum absolute atomic E-state index is 0.253. The molecule has 0 aliphatic carbocycles. The zero-order valence-corrected chi connectivity index (χ0v) is 11.4. The molecule has 0 aliphatic heterocycles. The average molecular weight is 256 g/mol. The van der Waals surface area contributed by atoms with Crippen LogP contribution in [0.2, 0.25) is 0 Å². The first-order chi connectivity index (χ1) is 7.97. The van der Waals surface area contributed by atoms with Crippen LogP contribution >= 0.6 is 11.8 Å². The first kappa shape index (κ1) is 13.9. The number of nitrogens with zero attached hydrogens (tertiary/aromatic N) is 3. The van der Waals surface area contributed by atoms with Crippen LogP contribution in [0.3, 0.4) is 0 Å². The molecule has 0 saturated heterocycles. The van der Waals surface area contributed by atoms with Crippen LogP contribution in [0.15, 0.2) is 22.7 Å². The highest BCUT2D eigenvalue weighted by molar-refractivity contribution is 7.99. The molecule has 1 rings (SSSR count). The number of hydrogen-bond donors (Lipinski definition) is 2. The van der Waals surface area contributed by atoms with Gasteiger partial charge < -0.3 is 15.5 Å². The van der Waals surface area contributed by atoms with Crippen molar-refractivity contribution in [3.05, 3.63) is 12.4 Å². The third kappa shape index (κ3) is 3.96. The Morgan fingerprint density at radius 3 is 2.88 bits per heavy atom. The Morgan fingerprint density at radius 1 is 1.65 bits per heavy atom. The van der Waals surface area contributed by atoms with Crippen molar-refractivity contribution >= 4 is 17.6 Å². The first-order valence-electron chi connectivity index (χ1n) is 5.55. The average Bonchev–Trinajstić information content (AvgIpc) is 2.69. The van der Waals surface area contributed by atoms with Crippen molar-refractivity contribution in [2.75, 3.05) is 5.75 Å². The van der Waals surface area contributed by atoms with E-state index in [1.54, 1.807) is 18.0 Å². The molecule has 0 amide bonds. The van der Waals surface area contributed by atoms with E-state index in [9.17, 15) is 0 Å². The summed E-state index contributed by atoms with van der Waals surface area (Å²) >= 11 is 1.72. The fraction of sp³-hybridized carbons (Fsp3) is 0.636. The van der Waals surface area contributed by atoms with Crippen molar-refractivity contribution in [1.29, 1.82) is 0 Å². The smallest absolute Gasteiger partial charge is 0.167 e. The predicted molar refractivity (Wildman–Crippen MR) is 70.4 cm³/mol. The van der Waals surface area contributed by atoms with Crippen LogP contribution in [0, 0.1) is 5.41 Å². The summed E-state index contributed by atoms with van der Waals surface area (Å²) in [5.41, 5.74) is 5.38. The number of aryl methyl sites for hydroxylation is 1. The Kier molecular flexibility index (Phi) is 4.86. The molecule has 1 aromatic rings. The van der Waals surface area contributed by atoms with Crippen LogP contribution in [0.1, 0.15) is 26.7 Å². The van der Waals surface area contributed by atoms with Crippen molar-refractivity contribution in [3.63, 3.8) is 0 Å². The second kappa shape index (κ2) is 5.95. The van der Waals surface area contributed by atoms with Gasteiger partial charge in [0.05, 0.1) is 0 Å². The zero-order chi connectivity index (χ0) is 12.9. The molecule has 6 heteroatoms. The lowest BCUT2D eigenvalue weighted by Gasteiger charge is -2.22. The van der Waals surface area contributed by atoms with E-state index in [1.165, 1.54) is 0 Å². The lowest BCUT2D eigenvalue weighted by Crippen LogP contribution is -2.31. The molecular weight excluding hydrogens is 236 g/mol. The third-order valence-corrected chi connectivity index (χ3v) is 3.90. The van der Waals surface area contributed by atoms with E-state index >= 15 is 0 Å². The molecule has 0 atom stereocenters. The lowest BCUT2D eigenvalue weighted by atomic mass is 9.87. The number of hydrogen-bond acceptors (Lipinski definition) is 4. The molecule has 1 aromatic heterocycles. The fourth-order valence-electron chi connectivity index (χ4n) is 1.43. The summed E-state index contributed by atoms with van der Waals surface area (Å²) in [6, 6.07) is 0. The minimum Gasteiger partial charge on any atom is -0.409 e. The van der Waals surface area contributed by atoms with Crippen LogP contribution in [-0.4, -0.2) is 26.3 Å². The van der Waals surface area contributed by atoms with Crippen molar-refractivity contribution in [2.45, 2.75) is 31.8 Å². The van der Waals surface area contributed by atoms with Crippen LogP contribution in [-0.2, 0) is 7.05 Å². The van der Waals surface area contributed by atoms with E-state index in [1.807, 2.05) is 31.7 Å². The zero-order valence-electron chi connectivity index (χ0n) is 10.6. The number of aromatic nitrogens is 2. The Bertz CT molecular complexity index is 387. The summed E-state index contributed by atoms with van der Waals surface area (Å²) in [6.07, 6.45) is 5.62. The number of thioether (sulfide) groups is 1. The Morgan fingerprint density at radius 2 is 2.35 bits per heavy atom. The van der Waals surface area contributed by atoms with Gasteiger partial charge in [-0.1, -0.05) is 30.8 Å². The summed E-state index contributed by atoms with van der Waals surface area (Å²) in [5.74, 6) is 1.27. The van der Waals surface area contributed by atoms with Crippen molar-refractivity contribution < 1.29 is 5.21 Å². The Labute approximate surface area is 106 Å². The van der Waals surface area contributed by atoms with Crippen LogP contribution in [0.25, 0.3) is 0 Å². The molecule has 0 spiro atoms. The molecule has 0 aliphatic rings. The first-order valence-corrected chi connectivity index (χ1v) is 6.54. The number of rotatable bonds is 6. The Hall–Kier alpha value is -1.17. The van der Waals surface area contributed by atoms with E-state index in [0.717, 1.165) is 23.8 Å². The highest BCUT2D eigenvalue weighted by Gasteiger charge is 2.22. The van der Waals surface area contributed by atoms with Gasteiger partial charge in [-0.15, -0.1) is 0 Å². The molecule has 17 heavy (non-hydrogen) atoms. The summed E-state index contributed by atoms with van der Waals surface area (Å²) in [7, 11) is 1.98. The summed E-state index contributed by atoms with van der Waals surface area (Å²) in [6.45, 7) is 3.96. The van der Waals surface area contributed by atoms with Gasteiger partial charge in [0.15, 0.2) is 5.16 Å². The van der Waals surface area contributed by atoms with Crippen LogP contribution in [0.5, 0.6) is 0 Å². The molecule has 3 N–H and O–H groups in total. The number of imidazole rings is 1. The van der Waals surface area contributed by atoms with Crippen molar-refractivity contribution in [3.8, 4) is 0 Å². The lowest BCUT2D eigenvalue weighted by molar-refractivity contribution is 0.305. The normalized spacial score (nSPS) is 13.0.